The summed E-state index contributed by atoms with van der Waals surface area (Å²) in [6, 6.07) is 10.2. The average molecular weight is 348 g/mol. The normalized spacial score (nSPS) is 19.2. The smallest absolute Gasteiger partial charge is 0.239 e. The Morgan fingerprint density at radius 3 is 2.76 bits per heavy atom. The number of hydrogen-bond donors (Lipinski definition) is 3. The number of carbonyl (C=O) groups excluding carboxylic acids is 2. The number of nitrogens with zero attached hydrogens (tertiary/aromatic N) is 1. The van der Waals surface area contributed by atoms with Gasteiger partial charge in [-0.25, -0.2) is 0 Å². The molecule has 1 saturated heterocycles. The minimum Gasteiger partial charge on any atom is -0.373 e. The van der Waals surface area contributed by atoms with Crippen LogP contribution in [0.2, 0.25) is 0 Å². The van der Waals surface area contributed by atoms with Gasteiger partial charge in [-0.2, -0.15) is 0 Å². The van der Waals surface area contributed by atoms with Crippen LogP contribution in [-0.2, 0) is 20.9 Å². The third kappa shape index (κ3) is 6.45. The topological polar surface area (TPSA) is 96.7 Å². The first-order chi connectivity index (χ1) is 12.1. The highest BCUT2D eigenvalue weighted by Crippen LogP contribution is 2.14. The van der Waals surface area contributed by atoms with Gasteiger partial charge < -0.3 is 21.1 Å². The average Bonchev–Trinajstić information content (AvgIpc) is 2.65. The van der Waals surface area contributed by atoms with Crippen molar-refractivity contribution < 1.29 is 14.3 Å². The van der Waals surface area contributed by atoms with E-state index >= 15 is 0 Å². The Morgan fingerprint density at radius 1 is 1.32 bits per heavy atom. The van der Waals surface area contributed by atoms with Crippen LogP contribution in [0.15, 0.2) is 30.3 Å². The van der Waals surface area contributed by atoms with Crippen LogP contribution in [0.5, 0.6) is 0 Å². The molecule has 7 nitrogen and oxygen atoms in total. The zero-order valence-electron chi connectivity index (χ0n) is 14.7. The molecule has 1 aromatic rings. The molecule has 7 heteroatoms. The molecule has 2 rings (SSSR count). The van der Waals surface area contributed by atoms with Crippen molar-refractivity contribution in [3.8, 4) is 0 Å². The standard InChI is InChI=1S/C18H28N4O3/c1-2-15(21-18(24)11-20-17(23)10-19)16-13-22(8-9-25-16)12-14-6-4-3-5-7-14/h3-7,15-16H,2,8-13,19H2,1H3,(H,20,23)(H,21,24). The summed E-state index contributed by atoms with van der Waals surface area (Å²) in [5.41, 5.74) is 6.48. The van der Waals surface area contributed by atoms with E-state index in [2.05, 4.69) is 27.7 Å². The van der Waals surface area contributed by atoms with Crippen molar-refractivity contribution in [2.75, 3.05) is 32.8 Å². The minimum absolute atomic E-state index is 0.0587. The third-order valence-electron chi connectivity index (χ3n) is 4.29. The van der Waals surface area contributed by atoms with Gasteiger partial charge in [-0.1, -0.05) is 37.3 Å². The van der Waals surface area contributed by atoms with E-state index in [1.54, 1.807) is 0 Å². The maximum Gasteiger partial charge on any atom is 0.239 e. The van der Waals surface area contributed by atoms with Gasteiger partial charge >= 0.3 is 0 Å². The van der Waals surface area contributed by atoms with Crippen LogP contribution in [0.3, 0.4) is 0 Å². The summed E-state index contributed by atoms with van der Waals surface area (Å²) < 4.78 is 5.88. The molecule has 0 spiro atoms. The van der Waals surface area contributed by atoms with Crippen molar-refractivity contribution in [1.29, 1.82) is 0 Å². The van der Waals surface area contributed by atoms with Crippen LogP contribution in [0.4, 0.5) is 0 Å². The Kier molecular flexibility index (Phi) is 7.84. The lowest BCUT2D eigenvalue weighted by molar-refractivity contribution is -0.127. The van der Waals surface area contributed by atoms with Crippen LogP contribution in [0.25, 0.3) is 0 Å². The number of nitrogens with two attached hydrogens (primary N) is 1. The summed E-state index contributed by atoms with van der Waals surface area (Å²) >= 11 is 0. The van der Waals surface area contributed by atoms with Gasteiger partial charge in [0.2, 0.25) is 11.8 Å². The highest BCUT2D eigenvalue weighted by Gasteiger charge is 2.28. The lowest BCUT2D eigenvalue weighted by Gasteiger charge is -2.37. The van der Waals surface area contributed by atoms with Crippen molar-refractivity contribution in [3.63, 3.8) is 0 Å². The molecule has 1 aromatic carbocycles. The molecule has 0 radical (unpaired) electrons. The van der Waals surface area contributed by atoms with Crippen molar-refractivity contribution in [3.05, 3.63) is 35.9 Å². The van der Waals surface area contributed by atoms with Gasteiger partial charge in [0.05, 0.1) is 31.8 Å². The number of amides is 2. The fourth-order valence-corrected chi connectivity index (χ4v) is 2.93. The largest absolute Gasteiger partial charge is 0.373 e. The maximum absolute atomic E-state index is 12.0. The summed E-state index contributed by atoms with van der Waals surface area (Å²) in [6.45, 7) is 5.00. The molecule has 1 heterocycles. The first kappa shape index (κ1) is 19.4. The Balaban J connectivity index is 1.84. The van der Waals surface area contributed by atoms with Crippen molar-refractivity contribution in [1.82, 2.24) is 15.5 Å². The maximum atomic E-state index is 12.0. The molecule has 2 amide bonds. The second kappa shape index (κ2) is 10.1. The van der Waals surface area contributed by atoms with Crippen molar-refractivity contribution in [2.45, 2.75) is 32.0 Å². The molecule has 0 aliphatic carbocycles. The van der Waals surface area contributed by atoms with Gasteiger partial charge in [0.15, 0.2) is 0 Å². The summed E-state index contributed by atoms with van der Waals surface area (Å²) in [5, 5.41) is 5.43. The number of morpholine rings is 1. The van der Waals surface area contributed by atoms with E-state index in [0.717, 1.165) is 26.1 Å². The van der Waals surface area contributed by atoms with E-state index in [1.807, 2.05) is 25.1 Å². The van der Waals surface area contributed by atoms with E-state index in [0.29, 0.717) is 6.61 Å². The molecular weight excluding hydrogens is 320 g/mol. The molecule has 2 unspecified atom stereocenters. The summed E-state index contributed by atoms with van der Waals surface area (Å²) in [7, 11) is 0. The zero-order valence-corrected chi connectivity index (χ0v) is 14.7. The van der Waals surface area contributed by atoms with Crippen LogP contribution in [0.1, 0.15) is 18.9 Å². The van der Waals surface area contributed by atoms with Crippen molar-refractivity contribution >= 4 is 11.8 Å². The van der Waals surface area contributed by atoms with Crippen LogP contribution in [-0.4, -0.2) is 61.6 Å². The fraction of sp³-hybridized carbons (Fsp3) is 0.556. The van der Waals surface area contributed by atoms with E-state index in [4.69, 9.17) is 10.5 Å². The Morgan fingerprint density at radius 2 is 2.08 bits per heavy atom. The van der Waals surface area contributed by atoms with Gasteiger partial charge in [0.1, 0.15) is 0 Å². The molecule has 4 N–H and O–H groups in total. The molecule has 1 fully saturated rings. The monoisotopic (exact) mass is 348 g/mol. The molecular formula is C18H28N4O3. The number of hydrogen-bond acceptors (Lipinski definition) is 5. The summed E-state index contributed by atoms with van der Waals surface area (Å²) in [6.07, 6.45) is 0.706. The third-order valence-corrected chi connectivity index (χ3v) is 4.29. The second-order valence-electron chi connectivity index (χ2n) is 6.19. The number of ether oxygens (including phenoxy) is 1. The SMILES string of the molecule is CCC(NC(=O)CNC(=O)CN)C1CN(Cc2ccccc2)CCO1. The van der Waals surface area contributed by atoms with Crippen LogP contribution < -0.4 is 16.4 Å². The Hall–Kier alpha value is -1.96. The van der Waals surface area contributed by atoms with E-state index < -0.39 is 0 Å². The summed E-state index contributed by atoms with van der Waals surface area (Å²) in [5.74, 6) is -0.566. The first-order valence-electron chi connectivity index (χ1n) is 8.76. The van der Waals surface area contributed by atoms with E-state index in [1.165, 1.54) is 5.56 Å². The predicted octanol–water partition coefficient (Wildman–Crippen LogP) is -0.143. The van der Waals surface area contributed by atoms with Crippen LogP contribution >= 0.6 is 0 Å². The van der Waals surface area contributed by atoms with E-state index in [9.17, 15) is 9.59 Å². The van der Waals surface area contributed by atoms with Gasteiger partial charge in [0, 0.05) is 19.6 Å². The first-order valence-corrected chi connectivity index (χ1v) is 8.76. The second-order valence-corrected chi connectivity index (χ2v) is 6.19. The molecule has 1 aliphatic rings. The minimum atomic E-state index is -0.342. The highest BCUT2D eigenvalue weighted by atomic mass is 16.5. The molecule has 0 bridgehead atoms. The molecule has 0 saturated carbocycles. The summed E-state index contributed by atoms with van der Waals surface area (Å²) in [4.78, 5) is 25.5. The number of benzene rings is 1. The highest BCUT2D eigenvalue weighted by molar-refractivity contribution is 5.85. The number of carbonyl (C=O) groups is 2. The van der Waals surface area contributed by atoms with Crippen LogP contribution in [0, 0.1) is 0 Å². The quantitative estimate of drug-likeness (QED) is 0.607. The molecule has 2 atom stereocenters. The van der Waals surface area contributed by atoms with Crippen molar-refractivity contribution in [2.24, 2.45) is 5.73 Å². The van der Waals surface area contributed by atoms with Gasteiger partial charge in [-0.3, -0.25) is 14.5 Å². The Labute approximate surface area is 148 Å². The molecule has 25 heavy (non-hydrogen) atoms. The Bertz CT molecular complexity index is 553. The molecule has 0 aromatic heterocycles. The van der Waals surface area contributed by atoms with E-state index in [-0.39, 0.29) is 37.0 Å². The van der Waals surface area contributed by atoms with Gasteiger partial charge in [-0.15, -0.1) is 0 Å². The lowest BCUT2D eigenvalue weighted by atomic mass is 10.1. The molecule has 1 aliphatic heterocycles. The van der Waals surface area contributed by atoms with Gasteiger partial charge in [0.25, 0.3) is 0 Å². The number of nitrogens with one attached hydrogen (secondary N) is 2. The molecule has 138 valence electrons. The van der Waals surface area contributed by atoms with Gasteiger partial charge in [-0.05, 0) is 12.0 Å². The lowest BCUT2D eigenvalue weighted by Crippen LogP contribution is -2.54. The fourth-order valence-electron chi connectivity index (χ4n) is 2.93. The zero-order chi connectivity index (χ0) is 18.1. The predicted molar refractivity (Wildman–Crippen MR) is 95.7 cm³/mol. The number of rotatable bonds is 8.